The third-order valence-electron chi connectivity index (χ3n) is 15.9. The summed E-state index contributed by atoms with van der Waals surface area (Å²) in [6.45, 7) is 21.8. The van der Waals surface area contributed by atoms with E-state index in [-0.39, 0.29) is 86.3 Å². The van der Waals surface area contributed by atoms with Crippen LogP contribution in [0.3, 0.4) is 0 Å². The Morgan fingerprint density at radius 1 is 0.539 bits per heavy atom. The zero-order valence-corrected chi connectivity index (χ0v) is 53.7. The highest BCUT2D eigenvalue weighted by molar-refractivity contribution is 5.99. The molecule has 1 aromatic carbocycles. The van der Waals surface area contributed by atoms with Crippen molar-refractivity contribution in [3.05, 3.63) is 53.6 Å². The van der Waals surface area contributed by atoms with Crippen LogP contribution in [0.1, 0.15) is 193 Å². The van der Waals surface area contributed by atoms with Gasteiger partial charge >= 0.3 is 41.8 Å². The first-order valence-corrected chi connectivity index (χ1v) is 30.5. The van der Waals surface area contributed by atoms with Gasteiger partial charge in [0, 0.05) is 54.0 Å². The molecule has 2 aliphatic rings. The fraction of sp³-hybridized carbons (Fsp3) is 0.651. The average molecular weight is 1260 g/mol. The first-order chi connectivity index (χ1) is 41.8. The van der Waals surface area contributed by atoms with E-state index in [0.717, 1.165) is 49.8 Å². The van der Waals surface area contributed by atoms with Crippen molar-refractivity contribution in [2.45, 2.75) is 172 Å². The van der Waals surface area contributed by atoms with Gasteiger partial charge in [-0.2, -0.15) is 0 Å². The molecular weight excluding hydrogens is 1160 g/mol. The molecule has 4 rings (SSSR count). The first kappa shape index (κ1) is 79.0. The summed E-state index contributed by atoms with van der Waals surface area (Å²) in [6.07, 6.45) is 11.3. The number of nitrogens with zero attached hydrogens (tertiary/aromatic N) is 2. The van der Waals surface area contributed by atoms with Gasteiger partial charge in [-0.3, -0.25) is 47.9 Å². The van der Waals surface area contributed by atoms with Gasteiger partial charge in [-0.1, -0.05) is 120 Å². The maximum Gasteiger partial charge on any atom is 0.359 e. The number of ether oxygens (including phenoxy) is 3. The second kappa shape index (κ2) is 40.5. The molecule has 5 amide bonds. The Labute approximate surface area is 521 Å². The number of hydrogen-bond acceptors (Lipinski definition) is 17. The summed E-state index contributed by atoms with van der Waals surface area (Å²) in [5.74, 6) is -8.85. The van der Waals surface area contributed by atoms with Crippen molar-refractivity contribution in [2.24, 2.45) is 45.8 Å². The summed E-state index contributed by atoms with van der Waals surface area (Å²) in [5.41, 5.74) is -0.494. The van der Waals surface area contributed by atoms with Crippen molar-refractivity contribution in [1.29, 1.82) is 0 Å². The van der Waals surface area contributed by atoms with E-state index in [1.54, 1.807) is 6.92 Å². The molecule has 5 unspecified atom stereocenters. The molecule has 0 radical (unpaired) electrons. The van der Waals surface area contributed by atoms with E-state index in [2.05, 4.69) is 41.3 Å². The van der Waals surface area contributed by atoms with Crippen molar-refractivity contribution in [3.63, 3.8) is 0 Å². The Kier molecular flexibility index (Phi) is 35.9. The molecule has 2 saturated carbocycles. The van der Waals surface area contributed by atoms with Gasteiger partial charge < -0.3 is 61.2 Å². The average Bonchev–Trinajstić information content (AvgIpc) is 3.52. The van der Waals surface area contributed by atoms with Crippen LogP contribution in [-0.2, 0) is 68.6 Å². The van der Waals surface area contributed by atoms with Crippen molar-refractivity contribution in [1.82, 2.24) is 31.2 Å². The summed E-state index contributed by atoms with van der Waals surface area (Å²) < 4.78 is 14.4. The molecule has 89 heavy (non-hydrogen) atoms. The van der Waals surface area contributed by atoms with Crippen LogP contribution in [0.5, 0.6) is 0 Å². The zero-order chi connectivity index (χ0) is 67.5. The second-order valence-corrected chi connectivity index (χ2v) is 23.6. The van der Waals surface area contributed by atoms with Crippen LogP contribution in [0.25, 0.3) is 0 Å². The lowest BCUT2D eigenvalue weighted by molar-refractivity contribution is -0.155. The Morgan fingerprint density at radius 3 is 1.47 bits per heavy atom. The van der Waals surface area contributed by atoms with Crippen LogP contribution in [0.4, 0.5) is 5.69 Å². The third-order valence-corrected chi connectivity index (χ3v) is 15.9. The molecular formula is C63H97N7O19. The topological polar surface area (TPSA) is 399 Å². The predicted octanol–water partition coefficient (Wildman–Crippen LogP) is 7.02. The standard InChI is InChI=1S/C22H32N2O4.C16H28N2O4.C14H19N3O5.C11H18O6/c1-4-22(2,3)21(28)24-18-12-8-5-9-15(18)13-14-23-19(25)16-10-6-7-11-17(16)20(26)27;1-4-16(2,3)15(22)18-10-9-17-13(19)11-7-5-6-8-12(11)14(20)21;1-4-14(2,3)13(21)17-7-8-22-12(20)10-9(11(18)19)15-5-6-16-10;1-3-8(2)11(15)17-7-6-16-10(14)5-4-9(12)13/h5,8-9,12,16-17H,4,6-7,10-11,13-14H2,1-3H3,(H,23,25)(H,24,28)(H,26,27);11-12H,4-10H2,1-3H3,(H,17,19)(H,18,22)(H,20,21);5-6H,4,7-8H2,1-3H3,(H,17,21)(H,18,19);8H,3-7H2,1-2H3,(H,12,13). The van der Waals surface area contributed by atoms with E-state index in [1.807, 2.05) is 93.5 Å². The number of carboxylic acids is 4. The van der Waals surface area contributed by atoms with Gasteiger partial charge in [-0.25, -0.2) is 19.6 Å². The van der Waals surface area contributed by atoms with Gasteiger partial charge in [-0.15, -0.1) is 0 Å². The van der Waals surface area contributed by atoms with Gasteiger partial charge in [0.05, 0.1) is 49.0 Å². The molecule has 9 N–H and O–H groups in total. The van der Waals surface area contributed by atoms with E-state index in [1.165, 1.54) is 12.4 Å². The molecule has 2 fully saturated rings. The smallest absolute Gasteiger partial charge is 0.359 e. The van der Waals surface area contributed by atoms with E-state index < -0.39 is 81.4 Å². The Balaban J connectivity index is 0.000000603. The van der Waals surface area contributed by atoms with Crippen LogP contribution in [0.15, 0.2) is 36.7 Å². The zero-order valence-electron chi connectivity index (χ0n) is 53.7. The fourth-order valence-electron chi connectivity index (χ4n) is 8.45. The van der Waals surface area contributed by atoms with Gasteiger partial charge in [0.2, 0.25) is 29.5 Å². The van der Waals surface area contributed by atoms with Crippen LogP contribution in [-0.4, -0.2) is 148 Å². The van der Waals surface area contributed by atoms with Gasteiger partial charge in [0.15, 0.2) is 11.4 Å². The van der Waals surface area contributed by atoms with E-state index in [9.17, 15) is 67.7 Å². The van der Waals surface area contributed by atoms with Crippen LogP contribution < -0.4 is 26.6 Å². The quantitative estimate of drug-likeness (QED) is 0.0215. The number of carboxylic acid groups (broad SMARTS) is 4. The monoisotopic (exact) mass is 1260 g/mol. The van der Waals surface area contributed by atoms with Crippen molar-refractivity contribution in [2.75, 3.05) is 51.3 Å². The highest BCUT2D eigenvalue weighted by Gasteiger charge is 2.37. The van der Waals surface area contributed by atoms with Gasteiger partial charge in [0.1, 0.15) is 19.8 Å². The molecule has 2 aromatic rings. The summed E-state index contributed by atoms with van der Waals surface area (Å²) in [7, 11) is 0. The number of anilines is 1. The molecule has 1 heterocycles. The number of amides is 5. The normalized spacial score (nSPS) is 16.5. The maximum absolute atomic E-state index is 12.5. The van der Waals surface area contributed by atoms with Crippen molar-refractivity contribution >= 4 is 77.0 Å². The maximum atomic E-state index is 12.5. The number of benzene rings is 1. The van der Waals surface area contributed by atoms with Crippen LogP contribution in [0.2, 0.25) is 0 Å². The number of carbonyl (C=O) groups excluding carboxylic acids is 8. The molecule has 0 bridgehead atoms. The van der Waals surface area contributed by atoms with E-state index >= 15 is 0 Å². The molecule has 0 aliphatic heterocycles. The summed E-state index contributed by atoms with van der Waals surface area (Å²) >= 11 is 0. The molecule has 0 saturated heterocycles. The number of nitrogens with one attached hydrogen (secondary N) is 5. The number of rotatable bonds is 30. The summed E-state index contributed by atoms with van der Waals surface area (Å²) in [6, 6.07) is 7.57. The SMILES string of the molecule is CCC(C)(C)C(=O)NCCNC(=O)C1CCCCC1C(=O)O.CCC(C)(C)C(=O)NCCOC(=O)c1nccnc1C(=O)O.CCC(C)(C)C(=O)Nc1ccccc1CCNC(=O)C1CCCCC1C(=O)O.CCC(C)C(=O)OCCOC(=O)CCC(=O)O. The molecule has 26 heteroatoms. The first-order valence-electron chi connectivity index (χ1n) is 30.5. The van der Waals surface area contributed by atoms with Gasteiger partial charge in [0.25, 0.3) is 0 Å². The summed E-state index contributed by atoms with van der Waals surface area (Å²) in [4.78, 5) is 146. The highest BCUT2D eigenvalue weighted by Crippen LogP contribution is 2.32. The third kappa shape index (κ3) is 29.2. The minimum Gasteiger partial charge on any atom is -0.481 e. The number of aliphatic carboxylic acids is 3. The van der Waals surface area contributed by atoms with E-state index in [0.29, 0.717) is 64.6 Å². The number of aromatic nitrogens is 2. The lowest BCUT2D eigenvalue weighted by Gasteiger charge is -2.27. The Morgan fingerprint density at radius 2 is 0.989 bits per heavy atom. The molecule has 1 aromatic heterocycles. The molecule has 26 nitrogen and oxygen atoms in total. The number of para-hydroxylation sites is 1. The lowest BCUT2D eigenvalue weighted by atomic mass is 9.78. The van der Waals surface area contributed by atoms with Crippen molar-refractivity contribution in [3.8, 4) is 0 Å². The number of aromatic carboxylic acids is 1. The molecule has 5 atom stereocenters. The minimum atomic E-state index is -1.36. The molecule has 0 spiro atoms. The van der Waals surface area contributed by atoms with Crippen molar-refractivity contribution < 1.29 is 92.2 Å². The summed E-state index contributed by atoms with van der Waals surface area (Å²) in [5, 5.41) is 49.8. The predicted molar refractivity (Wildman–Crippen MR) is 327 cm³/mol. The number of esters is 3. The molecule has 498 valence electrons. The second-order valence-electron chi connectivity index (χ2n) is 23.6. The highest BCUT2D eigenvalue weighted by atomic mass is 16.6. The van der Waals surface area contributed by atoms with Crippen LogP contribution >= 0.6 is 0 Å². The number of hydrogen-bond donors (Lipinski definition) is 9. The largest absolute Gasteiger partial charge is 0.481 e. The molecule has 2 aliphatic carbocycles. The fourth-order valence-corrected chi connectivity index (χ4v) is 8.45. The Bertz CT molecular complexity index is 2680. The van der Waals surface area contributed by atoms with E-state index in [4.69, 9.17) is 19.7 Å². The number of carbonyl (C=O) groups is 12. The van der Waals surface area contributed by atoms with Crippen LogP contribution in [0, 0.1) is 45.8 Å². The lowest BCUT2D eigenvalue weighted by Crippen LogP contribution is -2.44. The minimum absolute atomic E-state index is 0.00197. The van der Waals surface area contributed by atoms with Gasteiger partial charge in [-0.05, 0) is 69.4 Å². The Hall–Kier alpha value is -8.06.